The van der Waals surface area contributed by atoms with Gasteiger partial charge in [0.2, 0.25) is 0 Å². The van der Waals surface area contributed by atoms with Gasteiger partial charge in [0, 0.05) is 30.3 Å². The third kappa shape index (κ3) is 4.22. The van der Waals surface area contributed by atoms with Crippen LogP contribution in [-0.2, 0) is 14.2 Å². The first-order valence-electron chi connectivity index (χ1n) is 15.1. The summed E-state index contributed by atoms with van der Waals surface area (Å²) < 4.78 is 18.9. The molecule has 1 aliphatic heterocycles. The van der Waals surface area contributed by atoms with Gasteiger partial charge in [0.05, 0.1) is 31.0 Å². The Kier molecular flexibility index (Phi) is 6.56. The van der Waals surface area contributed by atoms with Gasteiger partial charge in [0.15, 0.2) is 5.79 Å². The molecular weight excluding hydrogens is 488 g/mol. The molecule has 1 saturated heterocycles. The van der Waals surface area contributed by atoms with Crippen molar-refractivity contribution in [2.24, 2.45) is 22.7 Å². The van der Waals surface area contributed by atoms with Crippen molar-refractivity contribution in [1.82, 2.24) is 0 Å². The summed E-state index contributed by atoms with van der Waals surface area (Å²) in [5, 5.41) is 24.0. The fourth-order valence-corrected chi connectivity index (χ4v) is 9.10. The van der Waals surface area contributed by atoms with Crippen LogP contribution < -0.4 is 0 Å². The predicted octanol–water partition coefficient (Wildman–Crippen LogP) is 6.39. The second kappa shape index (κ2) is 9.25. The molecule has 4 fully saturated rings. The van der Waals surface area contributed by atoms with Crippen LogP contribution in [0.3, 0.4) is 0 Å². The monoisotopic (exact) mass is 536 g/mol. The highest BCUT2D eigenvalue weighted by molar-refractivity contribution is 5.61. The summed E-state index contributed by atoms with van der Waals surface area (Å²) in [4.78, 5) is 0. The van der Waals surface area contributed by atoms with E-state index in [4.69, 9.17) is 14.2 Å². The van der Waals surface area contributed by atoms with Gasteiger partial charge >= 0.3 is 0 Å². The SMILES string of the molecule is C=C(C)c1ccc(C2CC3=C4CC[C@@]5(C)[C@@H](CC[C@@]5(O)COC)[C@@H]4CC[C@@]3(O)CC23OCC(C)(C)CO3)cc1. The fraction of sp³-hybridized carbons (Fsp3) is 0.706. The van der Waals surface area contributed by atoms with Crippen molar-refractivity contribution in [3.63, 3.8) is 0 Å². The predicted molar refractivity (Wildman–Crippen MR) is 153 cm³/mol. The zero-order valence-corrected chi connectivity index (χ0v) is 24.6. The van der Waals surface area contributed by atoms with Crippen molar-refractivity contribution in [2.75, 3.05) is 26.9 Å². The van der Waals surface area contributed by atoms with Crippen LogP contribution in [0.2, 0.25) is 0 Å². The molecule has 0 amide bonds. The van der Waals surface area contributed by atoms with E-state index >= 15 is 0 Å². The molecule has 5 heteroatoms. The molecule has 214 valence electrons. The molecule has 5 aliphatic rings. The van der Waals surface area contributed by atoms with Crippen molar-refractivity contribution >= 4 is 5.57 Å². The number of hydrogen-bond acceptors (Lipinski definition) is 5. The number of hydrogen-bond donors (Lipinski definition) is 2. The number of benzene rings is 1. The summed E-state index contributed by atoms with van der Waals surface area (Å²) in [5.41, 5.74) is 4.22. The maximum Gasteiger partial charge on any atom is 0.178 e. The van der Waals surface area contributed by atoms with E-state index in [-0.39, 0.29) is 16.7 Å². The highest BCUT2D eigenvalue weighted by Gasteiger charge is 2.64. The topological polar surface area (TPSA) is 68.2 Å². The summed E-state index contributed by atoms with van der Waals surface area (Å²) in [6.45, 7) is 14.4. The van der Waals surface area contributed by atoms with E-state index in [2.05, 4.69) is 51.6 Å². The first kappa shape index (κ1) is 27.7. The van der Waals surface area contributed by atoms with Crippen LogP contribution in [0.15, 0.2) is 42.0 Å². The van der Waals surface area contributed by atoms with Crippen LogP contribution >= 0.6 is 0 Å². The molecule has 6 rings (SSSR count). The molecule has 4 aliphatic carbocycles. The first-order valence-corrected chi connectivity index (χ1v) is 15.1. The van der Waals surface area contributed by atoms with Crippen LogP contribution in [0.25, 0.3) is 5.57 Å². The molecule has 1 unspecified atom stereocenters. The van der Waals surface area contributed by atoms with Gasteiger partial charge < -0.3 is 24.4 Å². The summed E-state index contributed by atoms with van der Waals surface area (Å²) in [7, 11) is 1.70. The second-order valence-electron chi connectivity index (χ2n) is 14.6. The minimum absolute atomic E-state index is 0.0107. The summed E-state index contributed by atoms with van der Waals surface area (Å²) in [5.74, 6) is 0.0148. The number of aliphatic hydroxyl groups is 2. The zero-order valence-electron chi connectivity index (χ0n) is 24.6. The normalized spacial score (nSPS) is 40.6. The van der Waals surface area contributed by atoms with Gasteiger partial charge in [-0.15, -0.1) is 0 Å². The molecule has 1 aromatic carbocycles. The first-order chi connectivity index (χ1) is 18.4. The Morgan fingerprint density at radius 3 is 2.36 bits per heavy atom. The number of rotatable bonds is 4. The Hall–Kier alpha value is -1.50. The van der Waals surface area contributed by atoms with Crippen molar-refractivity contribution in [2.45, 2.75) is 102 Å². The molecule has 5 nitrogen and oxygen atoms in total. The van der Waals surface area contributed by atoms with Gasteiger partial charge in [-0.2, -0.15) is 0 Å². The number of ether oxygens (including phenoxy) is 3. The number of allylic oxidation sites excluding steroid dienone is 2. The van der Waals surface area contributed by atoms with Crippen molar-refractivity contribution in [3.05, 3.63) is 53.1 Å². The van der Waals surface area contributed by atoms with Gasteiger partial charge in [0.25, 0.3) is 0 Å². The van der Waals surface area contributed by atoms with E-state index in [1.54, 1.807) is 7.11 Å². The lowest BCUT2D eigenvalue weighted by molar-refractivity contribution is -0.331. The van der Waals surface area contributed by atoms with E-state index in [9.17, 15) is 10.2 Å². The molecule has 6 atom stereocenters. The minimum Gasteiger partial charge on any atom is -0.387 e. The van der Waals surface area contributed by atoms with Gasteiger partial charge in [-0.1, -0.05) is 62.8 Å². The molecule has 1 spiro atoms. The fourth-order valence-electron chi connectivity index (χ4n) is 9.10. The summed E-state index contributed by atoms with van der Waals surface area (Å²) in [6.07, 6.45) is 6.60. The lowest BCUT2D eigenvalue weighted by Gasteiger charge is -2.58. The second-order valence-corrected chi connectivity index (χ2v) is 14.6. The van der Waals surface area contributed by atoms with Crippen molar-refractivity contribution in [1.29, 1.82) is 0 Å². The Balaban J connectivity index is 1.39. The lowest BCUT2D eigenvalue weighted by atomic mass is 9.52. The number of methoxy groups -OCH3 is 1. The molecular formula is C34H48O5. The van der Waals surface area contributed by atoms with E-state index in [0.717, 1.165) is 56.1 Å². The molecule has 2 N–H and O–H groups in total. The van der Waals surface area contributed by atoms with Gasteiger partial charge in [-0.05, 0) is 80.4 Å². The van der Waals surface area contributed by atoms with Crippen molar-refractivity contribution < 1.29 is 24.4 Å². The lowest BCUT2D eigenvalue weighted by Crippen LogP contribution is -2.60. The molecule has 3 saturated carbocycles. The van der Waals surface area contributed by atoms with Crippen molar-refractivity contribution in [3.8, 4) is 0 Å². The zero-order chi connectivity index (χ0) is 27.8. The standard InChI is InChI=1S/C34H48O5/c1-22(2)23-7-9-24(10-8-23)28-17-29-26-11-14-31(5)27(13-16-33(31,36)21-37-6)25(26)12-15-32(29,35)18-34(28)38-19-30(3,4)20-39-34/h7-10,25,27-28,35-36H,1,11-21H2,2-6H3/t25-,27+,28?,31+,32-,33-/m1/s1. The third-order valence-electron chi connectivity index (χ3n) is 11.5. The molecule has 39 heavy (non-hydrogen) atoms. The largest absolute Gasteiger partial charge is 0.387 e. The average Bonchev–Trinajstić information content (AvgIpc) is 3.16. The minimum atomic E-state index is -0.906. The quantitative estimate of drug-likeness (QED) is 0.437. The number of fused-ring (bicyclic) bond motifs is 4. The smallest absolute Gasteiger partial charge is 0.178 e. The van der Waals surface area contributed by atoms with E-state index in [1.165, 1.54) is 16.7 Å². The summed E-state index contributed by atoms with van der Waals surface area (Å²) in [6, 6.07) is 8.72. The van der Waals surface area contributed by atoms with E-state index < -0.39 is 17.0 Å². The maximum absolute atomic E-state index is 12.4. The highest BCUT2D eigenvalue weighted by Crippen LogP contribution is 2.66. The molecule has 0 aromatic heterocycles. The molecule has 1 aromatic rings. The molecule has 0 radical (unpaired) electrons. The molecule has 1 heterocycles. The Morgan fingerprint density at radius 1 is 1.03 bits per heavy atom. The van der Waals surface area contributed by atoms with Crippen LogP contribution in [0, 0.1) is 22.7 Å². The highest BCUT2D eigenvalue weighted by atomic mass is 16.7. The van der Waals surface area contributed by atoms with Gasteiger partial charge in [-0.3, -0.25) is 0 Å². The molecule has 0 bridgehead atoms. The average molecular weight is 537 g/mol. The van der Waals surface area contributed by atoms with Crippen LogP contribution in [-0.4, -0.2) is 54.1 Å². The van der Waals surface area contributed by atoms with Crippen LogP contribution in [0.5, 0.6) is 0 Å². The Morgan fingerprint density at radius 2 is 1.72 bits per heavy atom. The maximum atomic E-state index is 12.4. The third-order valence-corrected chi connectivity index (χ3v) is 11.5. The van der Waals surface area contributed by atoms with Gasteiger partial charge in [0.1, 0.15) is 0 Å². The Labute approximate surface area is 234 Å². The van der Waals surface area contributed by atoms with Crippen LogP contribution in [0.1, 0.15) is 96.1 Å². The van der Waals surface area contributed by atoms with Gasteiger partial charge in [-0.25, -0.2) is 0 Å². The van der Waals surface area contributed by atoms with Crippen LogP contribution in [0.4, 0.5) is 0 Å². The van der Waals surface area contributed by atoms with E-state index in [0.29, 0.717) is 38.1 Å². The van der Waals surface area contributed by atoms with E-state index in [1.807, 2.05) is 6.92 Å². The summed E-state index contributed by atoms with van der Waals surface area (Å²) >= 11 is 0. The Bertz CT molecular complexity index is 1160.